The van der Waals surface area contributed by atoms with Crippen molar-refractivity contribution in [1.29, 1.82) is 5.26 Å². The second kappa shape index (κ2) is 5.85. The molecule has 0 radical (unpaired) electrons. The van der Waals surface area contributed by atoms with Gasteiger partial charge < -0.3 is 9.80 Å². The summed E-state index contributed by atoms with van der Waals surface area (Å²) in [5.41, 5.74) is -0.00908. The molecule has 1 aliphatic rings. The third-order valence-corrected chi connectivity index (χ3v) is 2.90. The zero-order chi connectivity index (χ0) is 13.8. The molecule has 1 saturated heterocycles. The molecule has 0 N–H and O–H groups in total. The van der Waals surface area contributed by atoms with Crippen LogP contribution in [0.3, 0.4) is 0 Å². The Morgan fingerprint density at radius 3 is 1.89 bits per heavy atom. The van der Waals surface area contributed by atoms with Gasteiger partial charge in [-0.25, -0.2) is 0 Å². The monoisotopic (exact) mass is 251 g/mol. The van der Waals surface area contributed by atoms with Crippen molar-refractivity contribution in [2.24, 2.45) is 5.41 Å². The molecule has 0 aromatic carbocycles. The Morgan fingerprint density at radius 2 is 1.50 bits per heavy atom. The zero-order valence-corrected chi connectivity index (χ0v) is 11.4. The molecule has 1 fully saturated rings. The van der Waals surface area contributed by atoms with Crippen molar-refractivity contribution >= 4 is 11.8 Å². The number of hydrogen-bond donors (Lipinski definition) is 0. The van der Waals surface area contributed by atoms with E-state index in [1.54, 1.807) is 9.80 Å². The fraction of sp³-hybridized carbons (Fsp3) is 0.769. The zero-order valence-electron chi connectivity index (χ0n) is 11.4. The highest BCUT2D eigenvalue weighted by Gasteiger charge is 2.26. The SMILES string of the molecule is CC(C)(C)CC(=O)N1CCN(C(=O)CC#N)CC1. The second-order valence-corrected chi connectivity index (χ2v) is 5.83. The number of nitriles is 1. The van der Waals surface area contributed by atoms with Crippen LogP contribution in [-0.2, 0) is 9.59 Å². The molecule has 0 spiro atoms. The number of rotatable bonds is 2. The Kier molecular flexibility index (Phi) is 4.71. The Hall–Kier alpha value is -1.57. The van der Waals surface area contributed by atoms with Crippen LogP contribution in [0.25, 0.3) is 0 Å². The highest BCUT2D eigenvalue weighted by atomic mass is 16.2. The molecule has 0 bridgehead atoms. The normalized spacial score (nSPS) is 16.3. The van der Waals surface area contributed by atoms with Crippen LogP contribution in [-0.4, -0.2) is 47.8 Å². The van der Waals surface area contributed by atoms with Crippen molar-refractivity contribution in [3.05, 3.63) is 0 Å². The van der Waals surface area contributed by atoms with Crippen LogP contribution in [0.2, 0.25) is 0 Å². The van der Waals surface area contributed by atoms with E-state index in [1.165, 1.54) is 0 Å². The van der Waals surface area contributed by atoms with Gasteiger partial charge in [-0.05, 0) is 5.41 Å². The van der Waals surface area contributed by atoms with Gasteiger partial charge in [-0.3, -0.25) is 9.59 Å². The molecule has 0 saturated carbocycles. The molecule has 100 valence electrons. The molecule has 5 heteroatoms. The van der Waals surface area contributed by atoms with Gasteiger partial charge in [0.25, 0.3) is 0 Å². The van der Waals surface area contributed by atoms with Crippen molar-refractivity contribution < 1.29 is 9.59 Å². The molecule has 0 aromatic heterocycles. The average Bonchev–Trinajstić information content (AvgIpc) is 2.27. The summed E-state index contributed by atoms with van der Waals surface area (Å²) in [5.74, 6) is 0.00954. The van der Waals surface area contributed by atoms with Gasteiger partial charge in [0, 0.05) is 32.6 Å². The fourth-order valence-corrected chi connectivity index (χ4v) is 1.95. The summed E-state index contributed by atoms with van der Waals surface area (Å²) in [6.07, 6.45) is 0.453. The van der Waals surface area contributed by atoms with Gasteiger partial charge in [-0.2, -0.15) is 5.26 Å². The van der Waals surface area contributed by atoms with Crippen LogP contribution in [0.15, 0.2) is 0 Å². The lowest BCUT2D eigenvalue weighted by atomic mass is 9.91. The number of carbonyl (C=O) groups excluding carboxylic acids is 2. The summed E-state index contributed by atoms with van der Waals surface area (Å²) in [5, 5.41) is 8.47. The number of hydrogen-bond acceptors (Lipinski definition) is 3. The average molecular weight is 251 g/mol. The Morgan fingerprint density at radius 1 is 1.06 bits per heavy atom. The molecular formula is C13H21N3O2. The maximum absolute atomic E-state index is 12.0. The Bertz CT molecular complexity index is 357. The highest BCUT2D eigenvalue weighted by Crippen LogP contribution is 2.20. The topological polar surface area (TPSA) is 64.4 Å². The molecule has 1 rings (SSSR count). The third kappa shape index (κ3) is 4.36. The van der Waals surface area contributed by atoms with E-state index in [1.807, 2.05) is 26.8 Å². The van der Waals surface area contributed by atoms with Crippen molar-refractivity contribution in [3.63, 3.8) is 0 Å². The van der Waals surface area contributed by atoms with Crippen molar-refractivity contribution in [2.75, 3.05) is 26.2 Å². The van der Waals surface area contributed by atoms with E-state index < -0.39 is 0 Å². The molecule has 1 heterocycles. The maximum atomic E-state index is 12.0. The predicted octanol–water partition coefficient (Wildman–Crippen LogP) is 1.01. The highest BCUT2D eigenvalue weighted by molar-refractivity contribution is 5.79. The maximum Gasteiger partial charge on any atom is 0.236 e. The fourth-order valence-electron chi connectivity index (χ4n) is 1.95. The predicted molar refractivity (Wildman–Crippen MR) is 67.5 cm³/mol. The molecule has 1 aliphatic heterocycles. The van der Waals surface area contributed by atoms with Gasteiger partial charge in [0.2, 0.25) is 11.8 Å². The summed E-state index contributed by atoms with van der Waals surface area (Å²) in [6.45, 7) is 8.34. The van der Waals surface area contributed by atoms with Crippen LogP contribution < -0.4 is 0 Å². The summed E-state index contributed by atoms with van der Waals surface area (Å²) in [4.78, 5) is 27.0. The van der Waals surface area contributed by atoms with Crippen molar-refractivity contribution in [2.45, 2.75) is 33.6 Å². The first-order chi connectivity index (χ1) is 8.33. The molecular weight excluding hydrogens is 230 g/mol. The van der Waals surface area contributed by atoms with Gasteiger partial charge in [0.05, 0.1) is 6.07 Å². The van der Waals surface area contributed by atoms with Crippen molar-refractivity contribution in [3.8, 4) is 6.07 Å². The van der Waals surface area contributed by atoms with Gasteiger partial charge in [0.15, 0.2) is 0 Å². The lowest BCUT2D eigenvalue weighted by Crippen LogP contribution is -2.51. The van der Waals surface area contributed by atoms with Crippen molar-refractivity contribution in [1.82, 2.24) is 9.80 Å². The molecule has 0 aliphatic carbocycles. The largest absolute Gasteiger partial charge is 0.339 e. The van der Waals surface area contributed by atoms with Crippen LogP contribution in [0.5, 0.6) is 0 Å². The third-order valence-electron chi connectivity index (χ3n) is 2.90. The summed E-state index contributed by atoms with van der Waals surface area (Å²) < 4.78 is 0. The number of nitrogens with zero attached hydrogens (tertiary/aromatic N) is 3. The van der Waals surface area contributed by atoms with Crippen LogP contribution in [0.1, 0.15) is 33.6 Å². The number of carbonyl (C=O) groups is 2. The first-order valence-electron chi connectivity index (χ1n) is 6.26. The van der Waals surface area contributed by atoms with E-state index in [-0.39, 0.29) is 23.7 Å². The smallest absolute Gasteiger partial charge is 0.236 e. The van der Waals surface area contributed by atoms with Gasteiger partial charge in [-0.1, -0.05) is 20.8 Å². The van der Waals surface area contributed by atoms with E-state index in [0.29, 0.717) is 32.6 Å². The van der Waals surface area contributed by atoms with Crippen LogP contribution in [0.4, 0.5) is 0 Å². The molecule has 0 atom stereocenters. The van der Waals surface area contributed by atoms with Crippen LogP contribution in [0, 0.1) is 16.7 Å². The lowest BCUT2D eigenvalue weighted by molar-refractivity contribution is -0.140. The molecule has 0 unspecified atom stereocenters. The minimum absolute atomic E-state index is 0.00908. The van der Waals surface area contributed by atoms with E-state index in [0.717, 1.165) is 0 Å². The standard InChI is InChI=1S/C13H21N3O2/c1-13(2,3)10-12(18)16-8-6-15(7-9-16)11(17)4-5-14/h4,6-10H2,1-3H3. The minimum atomic E-state index is -0.138. The summed E-state index contributed by atoms with van der Waals surface area (Å²) in [7, 11) is 0. The van der Waals surface area contributed by atoms with E-state index in [2.05, 4.69) is 0 Å². The molecule has 2 amide bonds. The lowest BCUT2D eigenvalue weighted by Gasteiger charge is -2.35. The number of amides is 2. The van der Waals surface area contributed by atoms with Gasteiger partial charge in [0.1, 0.15) is 6.42 Å². The Labute approximate surface area is 108 Å². The quantitative estimate of drug-likeness (QED) is 0.735. The first-order valence-corrected chi connectivity index (χ1v) is 6.26. The van der Waals surface area contributed by atoms with E-state index in [4.69, 9.17) is 5.26 Å². The summed E-state index contributed by atoms with van der Waals surface area (Å²) >= 11 is 0. The Balaban J connectivity index is 2.42. The molecule has 5 nitrogen and oxygen atoms in total. The van der Waals surface area contributed by atoms with Gasteiger partial charge >= 0.3 is 0 Å². The summed E-state index contributed by atoms with van der Waals surface area (Å²) in [6, 6.07) is 1.86. The van der Waals surface area contributed by atoms with Crippen LogP contribution >= 0.6 is 0 Å². The second-order valence-electron chi connectivity index (χ2n) is 5.83. The number of piperazine rings is 1. The van der Waals surface area contributed by atoms with Gasteiger partial charge in [-0.15, -0.1) is 0 Å². The molecule has 18 heavy (non-hydrogen) atoms. The van der Waals surface area contributed by atoms with E-state index >= 15 is 0 Å². The van der Waals surface area contributed by atoms with E-state index in [9.17, 15) is 9.59 Å². The first kappa shape index (κ1) is 14.5. The molecule has 0 aromatic rings. The minimum Gasteiger partial charge on any atom is -0.339 e.